The highest BCUT2D eigenvalue weighted by Crippen LogP contribution is 2.45. The highest BCUT2D eigenvalue weighted by Gasteiger charge is 2.34. The molecule has 2 fully saturated rings. The van der Waals surface area contributed by atoms with Gasteiger partial charge in [-0.05, 0) is 42.8 Å². The molecule has 0 aromatic heterocycles. The van der Waals surface area contributed by atoms with Gasteiger partial charge in [-0.1, -0.05) is 12.8 Å². The lowest BCUT2D eigenvalue weighted by atomic mass is 9.81. The van der Waals surface area contributed by atoms with Crippen molar-refractivity contribution in [2.45, 2.75) is 32.1 Å². The molecular weight excluding hydrogens is 140 g/mol. The summed E-state index contributed by atoms with van der Waals surface area (Å²) in [5.41, 5.74) is 0. The van der Waals surface area contributed by atoms with Crippen LogP contribution in [0, 0.1) is 17.8 Å². The summed E-state index contributed by atoms with van der Waals surface area (Å²) in [5.74, 6) is 4.29. The molecule has 58 valence electrons. The van der Waals surface area contributed by atoms with E-state index >= 15 is 0 Å². The van der Waals surface area contributed by atoms with E-state index in [1.807, 2.05) is 0 Å². The molecule has 1 heteroatoms. The van der Waals surface area contributed by atoms with Crippen LogP contribution in [0.2, 0.25) is 0 Å². The van der Waals surface area contributed by atoms with E-state index in [4.69, 9.17) is 0 Å². The standard InChI is InChI=1S/C9H16S/c10-6-9-4-2-7-1-3-8(9)5-7/h7-10H,1-6H2. The van der Waals surface area contributed by atoms with Gasteiger partial charge in [-0.3, -0.25) is 0 Å². The minimum absolute atomic E-state index is 0.974. The average Bonchev–Trinajstić information content (AvgIpc) is 2.34. The Hall–Kier alpha value is 0.350. The summed E-state index contributed by atoms with van der Waals surface area (Å²) in [4.78, 5) is 0. The van der Waals surface area contributed by atoms with Gasteiger partial charge < -0.3 is 0 Å². The Morgan fingerprint density at radius 2 is 1.90 bits per heavy atom. The van der Waals surface area contributed by atoms with Crippen molar-refractivity contribution in [1.82, 2.24) is 0 Å². The van der Waals surface area contributed by atoms with Crippen molar-refractivity contribution < 1.29 is 0 Å². The average molecular weight is 156 g/mol. The molecule has 0 aromatic rings. The van der Waals surface area contributed by atoms with E-state index in [1.165, 1.54) is 32.1 Å². The molecule has 0 radical (unpaired) electrons. The molecule has 0 saturated heterocycles. The third kappa shape index (κ3) is 1.09. The highest BCUT2D eigenvalue weighted by atomic mass is 32.1. The molecule has 0 amide bonds. The van der Waals surface area contributed by atoms with Crippen LogP contribution in [0.3, 0.4) is 0 Å². The molecule has 3 atom stereocenters. The molecule has 3 unspecified atom stereocenters. The van der Waals surface area contributed by atoms with E-state index < -0.39 is 0 Å². The zero-order valence-corrected chi connectivity index (χ0v) is 7.32. The molecule has 0 N–H and O–H groups in total. The highest BCUT2D eigenvalue weighted by molar-refractivity contribution is 7.80. The van der Waals surface area contributed by atoms with Crippen LogP contribution in [0.15, 0.2) is 0 Å². The van der Waals surface area contributed by atoms with Crippen molar-refractivity contribution >= 4 is 12.6 Å². The van der Waals surface area contributed by atoms with Gasteiger partial charge in [0.1, 0.15) is 0 Å². The Morgan fingerprint density at radius 3 is 2.70 bits per heavy atom. The van der Waals surface area contributed by atoms with Crippen molar-refractivity contribution in [2.75, 3.05) is 5.75 Å². The predicted octanol–water partition coefficient (Wildman–Crippen LogP) is 2.74. The first kappa shape index (κ1) is 7.02. The Kier molecular flexibility index (Phi) is 1.94. The number of rotatable bonds is 1. The molecule has 0 aliphatic heterocycles. The SMILES string of the molecule is SCC1CCC2CCC1C2. The van der Waals surface area contributed by atoms with Gasteiger partial charge in [-0.15, -0.1) is 0 Å². The zero-order valence-electron chi connectivity index (χ0n) is 6.42. The molecule has 0 heterocycles. The van der Waals surface area contributed by atoms with Crippen molar-refractivity contribution in [2.24, 2.45) is 17.8 Å². The normalized spacial score (nSPS) is 45.9. The minimum atomic E-state index is 0.974. The fourth-order valence-corrected chi connectivity index (χ4v) is 3.21. The second-order valence-corrected chi connectivity index (χ2v) is 4.32. The quantitative estimate of drug-likeness (QED) is 0.554. The number of thiol groups is 1. The lowest BCUT2D eigenvalue weighted by molar-refractivity contribution is 0.270. The first-order valence-corrected chi connectivity index (χ1v) is 5.14. The van der Waals surface area contributed by atoms with Crippen molar-refractivity contribution in [3.63, 3.8) is 0 Å². The van der Waals surface area contributed by atoms with E-state index in [0.717, 1.165) is 23.5 Å². The van der Waals surface area contributed by atoms with Crippen LogP contribution in [0.25, 0.3) is 0 Å². The van der Waals surface area contributed by atoms with Crippen LogP contribution in [0.1, 0.15) is 32.1 Å². The second kappa shape index (κ2) is 2.77. The summed E-state index contributed by atoms with van der Waals surface area (Å²) in [5, 5.41) is 0. The second-order valence-electron chi connectivity index (χ2n) is 3.96. The van der Waals surface area contributed by atoms with Crippen LogP contribution < -0.4 is 0 Å². The predicted molar refractivity (Wildman–Crippen MR) is 47.4 cm³/mol. The van der Waals surface area contributed by atoms with Gasteiger partial charge in [0, 0.05) is 0 Å². The fraction of sp³-hybridized carbons (Fsp3) is 1.00. The molecule has 0 spiro atoms. The van der Waals surface area contributed by atoms with E-state index in [9.17, 15) is 0 Å². The van der Waals surface area contributed by atoms with Gasteiger partial charge in [0.05, 0.1) is 0 Å². The number of hydrogen-bond donors (Lipinski definition) is 1. The largest absolute Gasteiger partial charge is 0.179 e. The maximum atomic E-state index is 4.40. The summed E-state index contributed by atoms with van der Waals surface area (Å²) >= 11 is 4.40. The third-order valence-corrected chi connectivity index (χ3v) is 3.90. The van der Waals surface area contributed by atoms with E-state index in [2.05, 4.69) is 12.6 Å². The molecule has 2 aliphatic rings. The third-order valence-electron chi connectivity index (χ3n) is 3.43. The summed E-state index contributed by atoms with van der Waals surface area (Å²) < 4.78 is 0. The molecule has 2 rings (SSSR count). The van der Waals surface area contributed by atoms with Crippen molar-refractivity contribution in [3.05, 3.63) is 0 Å². The number of hydrogen-bond acceptors (Lipinski definition) is 1. The Bertz CT molecular complexity index is 122. The van der Waals surface area contributed by atoms with Gasteiger partial charge in [-0.2, -0.15) is 12.6 Å². The fourth-order valence-electron chi connectivity index (χ4n) is 2.73. The van der Waals surface area contributed by atoms with E-state index in [-0.39, 0.29) is 0 Å². The summed E-state index contributed by atoms with van der Waals surface area (Å²) in [7, 11) is 0. The monoisotopic (exact) mass is 156 g/mol. The first-order chi connectivity index (χ1) is 4.90. The molecule has 2 saturated carbocycles. The van der Waals surface area contributed by atoms with Gasteiger partial charge in [0.25, 0.3) is 0 Å². The van der Waals surface area contributed by atoms with Crippen molar-refractivity contribution in [1.29, 1.82) is 0 Å². The van der Waals surface area contributed by atoms with Crippen LogP contribution in [0.4, 0.5) is 0 Å². The summed E-state index contributed by atoms with van der Waals surface area (Å²) in [6.07, 6.45) is 7.54. The van der Waals surface area contributed by atoms with E-state index in [1.54, 1.807) is 0 Å². The van der Waals surface area contributed by atoms with Crippen LogP contribution in [-0.4, -0.2) is 5.75 Å². The first-order valence-electron chi connectivity index (χ1n) is 4.51. The lowest BCUT2D eigenvalue weighted by Crippen LogP contribution is -2.18. The van der Waals surface area contributed by atoms with Crippen molar-refractivity contribution in [3.8, 4) is 0 Å². The molecular formula is C9H16S. The lowest BCUT2D eigenvalue weighted by Gasteiger charge is -2.27. The maximum Gasteiger partial charge on any atom is -0.00668 e. The van der Waals surface area contributed by atoms with Gasteiger partial charge in [0.15, 0.2) is 0 Å². The number of fused-ring (bicyclic) bond motifs is 2. The van der Waals surface area contributed by atoms with Crippen LogP contribution >= 0.6 is 12.6 Å². The minimum Gasteiger partial charge on any atom is -0.179 e. The van der Waals surface area contributed by atoms with Gasteiger partial charge in [0.2, 0.25) is 0 Å². The zero-order chi connectivity index (χ0) is 6.97. The van der Waals surface area contributed by atoms with Gasteiger partial charge in [-0.25, -0.2) is 0 Å². The Morgan fingerprint density at radius 1 is 1.10 bits per heavy atom. The Balaban J connectivity index is 2.00. The smallest absolute Gasteiger partial charge is 0.00668 e. The molecule has 0 aromatic carbocycles. The summed E-state index contributed by atoms with van der Waals surface area (Å²) in [6, 6.07) is 0. The van der Waals surface area contributed by atoms with Gasteiger partial charge >= 0.3 is 0 Å². The van der Waals surface area contributed by atoms with Crippen LogP contribution in [0.5, 0.6) is 0 Å². The molecule has 2 aliphatic carbocycles. The van der Waals surface area contributed by atoms with Crippen LogP contribution in [-0.2, 0) is 0 Å². The topological polar surface area (TPSA) is 0 Å². The molecule has 2 bridgehead atoms. The Labute approximate surface area is 68.8 Å². The molecule has 0 nitrogen and oxygen atoms in total. The molecule has 10 heavy (non-hydrogen) atoms. The summed E-state index contributed by atoms with van der Waals surface area (Å²) in [6.45, 7) is 0. The van der Waals surface area contributed by atoms with E-state index in [0.29, 0.717) is 0 Å². The maximum absolute atomic E-state index is 4.40.